The molecule has 0 fully saturated rings. The molecule has 0 aliphatic rings. The van der Waals surface area contributed by atoms with Crippen LogP contribution in [0.2, 0.25) is 0 Å². The molecule has 0 rings (SSSR count). The Hall–Kier alpha value is 0.190. The largest absolute Gasteiger partial charge is 0.394 e. The predicted molar refractivity (Wildman–Crippen MR) is 45.7 cm³/mol. The van der Waals surface area contributed by atoms with Crippen molar-refractivity contribution in [3.05, 3.63) is 0 Å². The van der Waals surface area contributed by atoms with Gasteiger partial charge in [0.25, 0.3) is 0 Å². The summed E-state index contributed by atoms with van der Waals surface area (Å²) in [5.74, 6) is 0.274. The highest BCUT2D eigenvalue weighted by Gasteiger charge is 2.16. The minimum atomic E-state index is -0.727. The van der Waals surface area contributed by atoms with Crippen molar-refractivity contribution in [1.29, 1.82) is 0 Å². The van der Waals surface area contributed by atoms with E-state index in [1.54, 1.807) is 0 Å². The smallest absolute Gasteiger partial charge is 0.107 e. The Labute approximate surface area is 71.8 Å². The van der Waals surface area contributed by atoms with Gasteiger partial charge in [0, 0.05) is 12.3 Å². The first-order valence-electron chi connectivity index (χ1n) is 3.47. The molecule has 0 spiro atoms. The molecule has 0 saturated carbocycles. The van der Waals surface area contributed by atoms with Crippen LogP contribution >= 0.6 is 12.6 Å². The van der Waals surface area contributed by atoms with E-state index in [-0.39, 0.29) is 12.4 Å². The zero-order valence-electron chi connectivity index (χ0n) is 6.31. The van der Waals surface area contributed by atoms with E-state index in [1.165, 1.54) is 0 Å². The SMILES string of the molecule is NCCOC(CO)C(O)CS. The first kappa shape index (κ1) is 11.2. The van der Waals surface area contributed by atoms with Crippen molar-refractivity contribution in [3.8, 4) is 0 Å². The molecule has 11 heavy (non-hydrogen) atoms. The quantitative estimate of drug-likeness (QED) is 0.381. The minimum Gasteiger partial charge on any atom is -0.394 e. The fourth-order valence-corrected chi connectivity index (χ4v) is 0.858. The number of aliphatic hydroxyl groups excluding tert-OH is 2. The zero-order chi connectivity index (χ0) is 8.69. The average Bonchev–Trinajstić information content (AvgIpc) is 2.05. The van der Waals surface area contributed by atoms with E-state index in [0.717, 1.165) is 0 Å². The summed E-state index contributed by atoms with van der Waals surface area (Å²) in [5.41, 5.74) is 5.17. The molecule has 0 aromatic rings. The van der Waals surface area contributed by atoms with Crippen LogP contribution in [0.25, 0.3) is 0 Å². The van der Waals surface area contributed by atoms with Crippen molar-refractivity contribution < 1.29 is 14.9 Å². The number of nitrogens with two attached hydrogens (primary N) is 1. The molecule has 0 bridgehead atoms. The fourth-order valence-electron chi connectivity index (χ4n) is 0.622. The third-order valence-corrected chi connectivity index (χ3v) is 1.62. The number of thiol groups is 1. The highest BCUT2D eigenvalue weighted by molar-refractivity contribution is 7.80. The van der Waals surface area contributed by atoms with Crippen LogP contribution in [0, 0.1) is 0 Å². The molecule has 0 heterocycles. The summed E-state index contributed by atoms with van der Waals surface area (Å²) in [6.45, 7) is 0.521. The molecular formula is C6H15NO3S. The minimum absolute atomic E-state index is 0.207. The number of hydrogen-bond acceptors (Lipinski definition) is 5. The summed E-state index contributed by atoms with van der Waals surface area (Å²) in [4.78, 5) is 0. The van der Waals surface area contributed by atoms with Crippen LogP contribution in [-0.4, -0.2) is 47.9 Å². The summed E-state index contributed by atoms with van der Waals surface area (Å²) < 4.78 is 5.02. The Morgan fingerprint density at radius 2 is 2.18 bits per heavy atom. The number of ether oxygens (including phenoxy) is 1. The van der Waals surface area contributed by atoms with Crippen molar-refractivity contribution >= 4 is 12.6 Å². The lowest BCUT2D eigenvalue weighted by Gasteiger charge is -2.19. The van der Waals surface area contributed by atoms with E-state index in [0.29, 0.717) is 13.2 Å². The van der Waals surface area contributed by atoms with Crippen LogP contribution in [0.1, 0.15) is 0 Å². The van der Waals surface area contributed by atoms with E-state index < -0.39 is 12.2 Å². The number of rotatable bonds is 6. The van der Waals surface area contributed by atoms with Crippen LogP contribution < -0.4 is 5.73 Å². The maximum atomic E-state index is 9.14. The second-order valence-electron chi connectivity index (χ2n) is 2.13. The molecular weight excluding hydrogens is 166 g/mol. The van der Waals surface area contributed by atoms with E-state index in [9.17, 15) is 0 Å². The molecule has 4 N–H and O–H groups in total. The molecule has 0 aromatic heterocycles. The summed E-state index contributed by atoms with van der Waals surface area (Å²) in [7, 11) is 0. The van der Waals surface area contributed by atoms with E-state index >= 15 is 0 Å². The van der Waals surface area contributed by atoms with Crippen LogP contribution in [0.5, 0.6) is 0 Å². The van der Waals surface area contributed by atoms with Crippen molar-refractivity contribution in [3.63, 3.8) is 0 Å². The molecule has 68 valence electrons. The maximum absolute atomic E-state index is 9.14. The molecule has 0 aliphatic heterocycles. The van der Waals surface area contributed by atoms with Gasteiger partial charge in [-0.3, -0.25) is 0 Å². The second kappa shape index (κ2) is 6.87. The predicted octanol–water partition coefficient (Wildman–Crippen LogP) is -1.39. The Balaban J connectivity index is 3.56. The van der Waals surface area contributed by atoms with Gasteiger partial charge in [0.2, 0.25) is 0 Å². The molecule has 0 saturated heterocycles. The van der Waals surface area contributed by atoms with Crippen molar-refractivity contribution in [2.24, 2.45) is 5.73 Å². The monoisotopic (exact) mass is 181 g/mol. The fraction of sp³-hybridized carbons (Fsp3) is 1.00. The Kier molecular flexibility index (Phi) is 6.99. The zero-order valence-corrected chi connectivity index (χ0v) is 7.20. The normalized spacial score (nSPS) is 16.4. The summed E-state index contributed by atoms with van der Waals surface area (Å²) in [6.07, 6.45) is -1.29. The lowest BCUT2D eigenvalue weighted by atomic mass is 10.2. The van der Waals surface area contributed by atoms with Crippen LogP contribution in [0.15, 0.2) is 0 Å². The van der Waals surface area contributed by atoms with Gasteiger partial charge in [-0.05, 0) is 0 Å². The van der Waals surface area contributed by atoms with Crippen molar-refractivity contribution in [2.75, 3.05) is 25.5 Å². The van der Waals surface area contributed by atoms with Gasteiger partial charge in [-0.25, -0.2) is 0 Å². The second-order valence-corrected chi connectivity index (χ2v) is 2.50. The molecule has 4 nitrogen and oxygen atoms in total. The van der Waals surface area contributed by atoms with Gasteiger partial charge < -0.3 is 20.7 Å². The van der Waals surface area contributed by atoms with E-state index in [4.69, 9.17) is 20.7 Å². The van der Waals surface area contributed by atoms with Gasteiger partial charge in [0.05, 0.1) is 19.3 Å². The van der Waals surface area contributed by atoms with E-state index in [1.807, 2.05) is 0 Å². The van der Waals surface area contributed by atoms with Gasteiger partial charge in [0.15, 0.2) is 0 Å². The lowest BCUT2D eigenvalue weighted by molar-refractivity contribution is -0.0514. The van der Waals surface area contributed by atoms with Gasteiger partial charge in [0.1, 0.15) is 6.10 Å². The van der Waals surface area contributed by atoms with Crippen LogP contribution in [-0.2, 0) is 4.74 Å². The summed E-state index contributed by atoms with van der Waals surface area (Å²) >= 11 is 3.86. The van der Waals surface area contributed by atoms with Gasteiger partial charge in [-0.15, -0.1) is 0 Å². The Morgan fingerprint density at radius 3 is 2.55 bits per heavy atom. The Bertz CT molecular complexity index is 93.9. The van der Waals surface area contributed by atoms with Crippen LogP contribution in [0.3, 0.4) is 0 Å². The maximum Gasteiger partial charge on any atom is 0.107 e. The van der Waals surface area contributed by atoms with Crippen molar-refractivity contribution in [2.45, 2.75) is 12.2 Å². The first-order chi connectivity index (χ1) is 5.26. The van der Waals surface area contributed by atoms with Crippen LogP contribution in [0.4, 0.5) is 0 Å². The summed E-state index contributed by atoms with van der Waals surface area (Å²) in [6, 6.07) is 0. The van der Waals surface area contributed by atoms with Gasteiger partial charge >= 0.3 is 0 Å². The first-order valence-corrected chi connectivity index (χ1v) is 4.11. The average molecular weight is 181 g/mol. The van der Waals surface area contributed by atoms with Crippen molar-refractivity contribution in [1.82, 2.24) is 0 Å². The molecule has 0 radical (unpaired) electrons. The highest BCUT2D eigenvalue weighted by atomic mass is 32.1. The molecule has 0 amide bonds. The molecule has 0 aliphatic carbocycles. The molecule has 2 atom stereocenters. The third-order valence-electron chi connectivity index (χ3n) is 1.25. The Morgan fingerprint density at radius 1 is 1.55 bits per heavy atom. The topological polar surface area (TPSA) is 75.7 Å². The number of hydrogen-bond donors (Lipinski definition) is 4. The lowest BCUT2D eigenvalue weighted by Crippen LogP contribution is -2.35. The van der Waals surface area contributed by atoms with E-state index in [2.05, 4.69) is 12.6 Å². The molecule has 2 unspecified atom stereocenters. The molecule has 0 aromatic carbocycles. The molecule has 5 heteroatoms. The third kappa shape index (κ3) is 4.60. The number of aliphatic hydroxyl groups is 2. The van der Waals surface area contributed by atoms with Gasteiger partial charge in [-0.2, -0.15) is 12.6 Å². The highest BCUT2D eigenvalue weighted by Crippen LogP contribution is 2.00. The van der Waals surface area contributed by atoms with Gasteiger partial charge in [-0.1, -0.05) is 0 Å². The standard InChI is InChI=1S/C6H15NO3S/c7-1-2-10-6(3-8)5(9)4-11/h5-6,8-9,11H,1-4,7H2. The summed E-state index contributed by atoms with van der Waals surface area (Å²) in [5, 5.41) is 17.8.